The van der Waals surface area contributed by atoms with Gasteiger partial charge in [0.25, 0.3) is 5.91 Å². The molecule has 1 aromatic heterocycles. The standard InChI is InChI=1S/C27H29Cl2N5O5S/c1-27(2)24(36)33(18-5-6-20-17(13-18)16-39-23(20)35)25(40)32(27)8-4-3-7-31-9-11-34(12-10-31,26(37)38)19-14-21(28)30-22(29)15-19/h5-6,13-15H,3-4,7-12,16H2,1-2H3/p+1. The Morgan fingerprint density at radius 2 is 1.75 bits per heavy atom. The largest absolute Gasteiger partial charge is 0.518 e. The number of piperazine rings is 1. The highest BCUT2D eigenvalue weighted by Gasteiger charge is 2.49. The van der Waals surface area contributed by atoms with Crippen LogP contribution in [0, 0.1) is 0 Å². The lowest BCUT2D eigenvalue weighted by Crippen LogP contribution is -2.63. The molecule has 40 heavy (non-hydrogen) atoms. The van der Waals surface area contributed by atoms with Crippen molar-refractivity contribution in [2.75, 3.05) is 44.2 Å². The van der Waals surface area contributed by atoms with Gasteiger partial charge in [-0.05, 0) is 63.7 Å². The highest BCUT2D eigenvalue weighted by molar-refractivity contribution is 7.80. The molecule has 1 aromatic carbocycles. The molecule has 3 aliphatic heterocycles. The van der Waals surface area contributed by atoms with E-state index < -0.39 is 11.6 Å². The Balaban J connectivity index is 1.17. The first-order valence-electron chi connectivity index (χ1n) is 13.1. The molecule has 212 valence electrons. The number of carbonyl (C=O) groups is 3. The number of cyclic esters (lactones) is 1. The van der Waals surface area contributed by atoms with Crippen LogP contribution in [0.1, 0.15) is 42.6 Å². The molecule has 0 radical (unpaired) electrons. The summed E-state index contributed by atoms with van der Waals surface area (Å²) in [6, 6.07) is 8.34. The SMILES string of the molecule is CC1(C)C(=O)N(c2ccc3c(c2)COC3=O)C(=S)N1CCCCN1CC[N+](C(=O)O)(c2cc(Cl)nc(Cl)c2)CC1. The van der Waals surface area contributed by atoms with Gasteiger partial charge in [0.15, 0.2) is 5.11 Å². The normalized spacial score (nSPS) is 20.1. The van der Waals surface area contributed by atoms with Crippen molar-refractivity contribution in [3.05, 3.63) is 51.8 Å². The molecule has 0 bridgehead atoms. The molecular formula is C27H30Cl2N5O5S+. The van der Waals surface area contributed by atoms with E-state index in [1.165, 1.54) is 0 Å². The van der Waals surface area contributed by atoms with Gasteiger partial charge in [-0.15, -0.1) is 0 Å². The summed E-state index contributed by atoms with van der Waals surface area (Å²) in [6.45, 7) is 7.32. The molecule has 5 rings (SSSR count). The number of pyridine rings is 1. The summed E-state index contributed by atoms with van der Waals surface area (Å²) in [6.07, 6.45) is 0.726. The highest BCUT2D eigenvalue weighted by atomic mass is 35.5. The van der Waals surface area contributed by atoms with Crippen LogP contribution in [0.3, 0.4) is 0 Å². The average Bonchev–Trinajstić information content (AvgIpc) is 3.35. The Kier molecular flexibility index (Phi) is 7.79. The number of anilines is 1. The first kappa shape index (κ1) is 28.7. The number of amides is 2. The number of ether oxygens (including phenoxy) is 1. The first-order chi connectivity index (χ1) is 18.9. The minimum atomic E-state index is -0.945. The Morgan fingerprint density at radius 3 is 2.40 bits per heavy atom. The third-order valence-electron chi connectivity index (χ3n) is 8.06. The molecule has 1 N–H and O–H groups in total. The summed E-state index contributed by atoms with van der Waals surface area (Å²) in [5.41, 5.74) is 1.62. The van der Waals surface area contributed by atoms with Crippen LogP contribution in [0.2, 0.25) is 10.3 Å². The van der Waals surface area contributed by atoms with E-state index in [0.717, 1.165) is 24.9 Å². The minimum absolute atomic E-state index is 0.113. The van der Waals surface area contributed by atoms with Crippen molar-refractivity contribution >= 4 is 69.9 Å². The number of hydrogen-bond donors (Lipinski definition) is 1. The summed E-state index contributed by atoms with van der Waals surface area (Å²) in [7, 11) is 0. The van der Waals surface area contributed by atoms with Crippen molar-refractivity contribution in [3.63, 3.8) is 0 Å². The van der Waals surface area contributed by atoms with E-state index in [9.17, 15) is 19.5 Å². The zero-order valence-electron chi connectivity index (χ0n) is 22.2. The fourth-order valence-electron chi connectivity index (χ4n) is 5.63. The van der Waals surface area contributed by atoms with Crippen LogP contribution < -0.4 is 9.38 Å². The molecule has 3 aliphatic rings. The third-order valence-corrected chi connectivity index (χ3v) is 8.85. The lowest BCUT2D eigenvalue weighted by Gasteiger charge is -2.40. The zero-order chi connectivity index (χ0) is 28.8. The summed E-state index contributed by atoms with van der Waals surface area (Å²) < 4.78 is 4.85. The Morgan fingerprint density at radius 1 is 1.10 bits per heavy atom. The van der Waals surface area contributed by atoms with Gasteiger partial charge >= 0.3 is 12.1 Å². The van der Waals surface area contributed by atoms with Crippen molar-refractivity contribution in [3.8, 4) is 0 Å². The smallest absolute Gasteiger partial charge is 0.457 e. The molecule has 2 amide bonds. The fraction of sp³-hybridized carbons (Fsp3) is 0.444. The van der Waals surface area contributed by atoms with E-state index in [-0.39, 0.29) is 33.3 Å². The molecule has 2 saturated heterocycles. The predicted molar refractivity (Wildman–Crippen MR) is 156 cm³/mol. The van der Waals surface area contributed by atoms with Crippen molar-refractivity contribution in [1.82, 2.24) is 19.3 Å². The maximum Gasteiger partial charge on any atom is 0.518 e. The van der Waals surface area contributed by atoms with Gasteiger partial charge in [-0.25, -0.2) is 9.78 Å². The molecule has 0 atom stereocenters. The molecule has 10 nitrogen and oxygen atoms in total. The second kappa shape index (κ2) is 10.9. The second-order valence-corrected chi connectivity index (χ2v) is 11.9. The number of carboxylic acid groups (broad SMARTS) is 1. The number of rotatable bonds is 7. The lowest BCUT2D eigenvalue weighted by molar-refractivity contribution is -0.123. The Labute approximate surface area is 247 Å². The number of thiocarbonyl (C=S) groups is 1. The summed E-state index contributed by atoms with van der Waals surface area (Å²) in [5, 5.41) is 10.9. The van der Waals surface area contributed by atoms with E-state index in [0.29, 0.717) is 54.8 Å². The van der Waals surface area contributed by atoms with Crippen LogP contribution in [0.25, 0.3) is 0 Å². The van der Waals surface area contributed by atoms with Crippen molar-refractivity contribution in [1.29, 1.82) is 0 Å². The fourth-order valence-corrected chi connectivity index (χ4v) is 6.59. The predicted octanol–water partition coefficient (Wildman–Crippen LogP) is 4.55. The van der Waals surface area contributed by atoms with Crippen molar-refractivity contribution in [2.45, 2.75) is 38.8 Å². The Bertz CT molecular complexity index is 1380. The topological polar surface area (TPSA) is 103 Å². The van der Waals surface area contributed by atoms with Gasteiger partial charge < -0.3 is 14.7 Å². The Hall–Kier alpha value is -2.83. The molecule has 0 saturated carbocycles. The van der Waals surface area contributed by atoms with Crippen LogP contribution in [-0.4, -0.2) is 87.8 Å². The van der Waals surface area contributed by atoms with E-state index in [1.807, 2.05) is 18.7 Å². The van der Waals surface area contributed by atoms with E-state index in [4.69, 9.17) is 40.2 Å². The van der Waals surface area contributed by atoms with Gasteiger partial charge in [0.1, 0.15) is 41.2 Å². The first-order valence-corrected chi connectivity index (χ1v) is 14.2. The van der Waals surface area contributed by atoms with Crippen molar-refractivity contribution in [2.24, 2.45) is 0 Å². The average molecular weight is 608 g/mol. The third kappa shape index (κ3) is 5.05. The maximum atomic E-state index is 13.4. The summed E-state index contributed by atoms with van der Waals surface area (Å²) in [5.74, 6) is -0.468. The molecular weight excluding hydrogens is 577 g/mol. The number of carbonyl (C=O) groups excluding carboxylic acids is 2. The van der Waals surface area contributed by atoms with Crippen LogP contribution in [0.5, 0.6) is 0 Å². The number of quaternary nitrogens is 1. The zero-order valence-corrected chi connectivity index (χ0v) is 24.6. The molecule has 13 heteroatoms. The summed E-state index contributed by atoms with van der Waals surface area (Å²) in [4.78, 5) is 47.2. The van der Waals surface area contributed by atoms with E-state index in [2.05, 4.69) is 9.88 Å². The quantitative estimate of drug-likeness (QED) is 0.160. The number of aromatic nitrogens is 1. The number of halogens is 2. The van der Waals surface area contributed by atoms with Crippen molar-refractivity contribution < 1.29 is 24.2 Å². The van der Waals surface area contributed by atoms with Gasteiger partial charge in [-0.2, -0.15) is 9.28 Å². The van der Waals surface area contributed by atoms with Gasteiger partial charge in [0.05, 0.1) is 11.3 Å². The van der Waals surface area contributed by atoms with E-state index in [1.54, 1.807) is 35.2 Å². The maximum absolute atomic E-state index is 13.4. The van der Waals surface area contributed by atoms with Crippen LogP contribution >= 0.6 is 35.4 Å². The number of hydrogen-bond acceptors (Lipinski definition) is 7. The molecule has 0 spiro atoms. The number of esters is 1. The molecule has 2 fully saturated rings. The number of nitrogens with zero attached hydrogens (tertiary/aromatic N) is 5. The molecule has 0 unspecified atom stereocenters. The van der Waals surface area contributed by atoms with Gasteiger partial charge in [0, 0.05) is 37.3 Å². The molecule has 2 aromatic rings. The lowest BCUT2D eigenvalue weighted by atomic mass is 10.0. The minimum Gasteiger partial charge on any atom is -0.457 e. The highest BCUT2D eigenvalue weighted by Crippen LogP contribution is 2.35. The number of fused-ring (bicyclic) bond motifs is 1. The monoisotopic (exact) mass is 606 g/mol. The van der Waals surface area contributed by atoms with Crippen LogP contribution in [-0.2, 0) is 16.1 Å². The number of unbranched alkanes of at least 4 members (excludes halogenated alkanes) is 1. The van der Waals surface area contributed by atoms with E-state index >= 15 is 0 Å². The second-order valence-electron chi connectivity index (χ2n) is 10.8. The van der Waals surface area contributed by atoms with Crippen LogP contribution in [0.15, 0.2) is 30.3 Å². The van der Waals surface area contributed by atoms with Crippen LogP contribution in [0.4, 0.5) is 16.2 Å². The molecule has 0 aliphatic carbocycles. The van der Waals surface area contributed by atoms with Gasteiger partial charge in [-0.1, -0.05) is 23.2 Å². The molecule has 4 heterocycles. The van der Waals surface area contributed by atoms with Gasteiger partial charge in [0.2, 0.25) is 0 Å². The number of benzene rings is 1. The van der Waals surface area contributed by atoms with Gasteiger partial charge in [-0.3, -0.25) is 14.6 Å². The summed E-state index contributed by atoms with van der Waals surface area (Å²) >= 11 is 17.9.